The second kappa shape index (κ2) is 5.89. The number of carboxylic acids is 1. The largest absolute Gasteiger partial charge is 0.479 e. The van der Waals surface area contributed by atoms with Gasteiger partial charge >= 0.3 is 5.97 Å². The molecule has 1 aromatic rings. The van der Waals surface area contributed by atoms with Crippen molar-refractivity contribution in [2.45, 2.75) is 51.6 Å². The Hall–Kier alpha value is -1.51. The van der Waals surface area contributed by atoms with Gasteiger partial charge in [0.15, 0.2) is 6.10 Å². The number of ether oxygens (including phenoxy) is 1. The first-order valence-electron chi connectivity index (χ1n) is 6.72. The first-order valence-corrected chi connectivity index (χ1v) is 6.72. The third-order valence-corrected chi connectivity index (χ3v) is 3.44. The van der Waals surface area contributed by atoms with E-state index in [1.165, 1.54) is 17.5 Å². The monoisotopic (exact) mass is 248 g/mol. The van der Waals surface area contributed by atoms with Crippen molar-refractivity contribution >= 4 is 5.97 Å². The standard InChI is InChI=1S/C15H20O3/c1-2-3-7-14(15(16)17)18-13-9-8-11-5-4-6-12(11)10-13/h8-10,14H,2-7H2,1H3,(H,16,17). The average molecular weight is 248 g/mol. The second-order valence-electron chi connectivity index (χ2n) is 4.87. The molecule has 0 aliphatic heterocycles. The summed E-state index contributed by atoms with van der Waals surface area (Å²) in [5.41, 5.74) is 2.69. The summed E-state index contributed by atoms with van der Waals surface area (Å²) in [6.45, 7) is 2.05. The van der Waals surface area contributed by atoms with Crippen LogP contribution >= 0.6 is 0 Å². The van der Waals surface area contributed by atoms with Crippen LogP contribution in [0.25, 0.3) is 0 Å². The third-order valence-electron chi connectivity index (χ3n) is 3.44. The molecule has 2 rings (SSSR count). The number of benzene rings is 1. The molecule has 0 fully saturated rings. The Morgan fingerprint density at radius 3 is 2.89 bits per heavy atom. The molecule has 98 valence electrons. The van der Waals surface area contributed by atoms with Crippen molar-refractivity contribution < 1.29 is 14.6 Å². The summed E-state index contributed by atoms with van der Waals surface area (Å²) < 4.78 is 5.60. The molecule has 0 heterocycles. The molecular formula is C15H20O3. The van der Waals surface area contributed by atoms with Gasteiger partial charge in [0.2, 0.25) is 0 Å². The fourth-order valence-corrected chi connectivity index (χ4v) is 2.41. The molecule has 1 N–H and O–H groups in total. The molecule has 0 radical (unpaired) electrons. The molecule has 18 heavy (non-hydrogen) atoms. The van der Waals surface area contributed by atoms with E-state index in [4.69, 9.17) is 9.84 Å². The van der Waals surface area contributed by atoms with E-state index < -0.39 is 12.1 Å². The number of aryl methyl sites for hydroxylation is 2. The zero-order valence-corrected chi connectivity index (χ0v) is 10.8. The summed E-state index contributed by atoms with van der Waals surface area (Å²) >= 11 is 0. The fourth-order valence-electron chi connectivity index (χ4n) is 2.41. The van der Waals surface area contributed by atoms with Gasteiger partial charge in [0.1, 0.15) is 5.75 Å². The van der Waals surface area contributed by atoms with Crippen molar-refractivity contribution in [3.05, 3.63) is 29.3 Å². The minimum Gasteiger partial charge on any atom is -0.479 e. The lowest BCUT2D eigenvalue weighted by molar-refractivity contribution is -0.145. The normalized spacial score (nSPS) is 15.2. The molecule has 1 aliphatic rings. The Morgan fingerprint density at radius 2 is 2.17 bits per heavy atom. The van der Waals surface area contributed by atoms with Crippen LogP contribution in [0.3, 0.4) is 0 Å². The Kier molecular flexibility index (Phi) is 4.24. The van der Waals surface area contributed by atoms with E-state index in [2.05, 4.69) is 6.07 Å². The minimum atomic E-state index is -0.871. The lowest BCUT2D eigenvalue weighted by Gasteiger charge is -2.15. The van der Waals surface area contributed by atoms with Crippen molar-refractivity contribution in [3.63, 3.8) is 0 Å². The van der Waals surface area contributed by atoms with Crippen LogP contribution in [-0.2, 0) is 17.6 Å². The predicted octanol–water partition coefficient (Wildman–Crippen LogP) is 3.20. The molecule has 3 heteroatoms. The summed E-state index contributed by atoms with van der Waals surface area (Å²) in [6.07, 6.45) is 5.12. The van der Waals surface area contributed by atoms with Crippen LogP contribution in [0.5, 0.6) is 5.75 Å². The quantitative estimate of drug-likeness (QED) is 0.841. The maximum absolute atomic E-state index is 11.1. The maximum Gasteiger partial charge on any atom is 0.344 e. The van der Waals surface area contributed by atoms with Crippen LogP contribution in [0.15, 0.2) is 18.2 Å². The predicted molar refractivity (Wildman–Crippen MR) is 70.0 cm³/mol. The fraction of sp³-hybridized carbons (Fsp3) is 0.533. The van der Waals surface area contributed by atoms with Gasteiger partial charge in [-0.05, 0) is 55.4 Å². The van der Waals surface area contributed by atoms with Crippen molar-refractivity contribution in [2.75, 3.05) is 0 Å². The van der Waals surface area contributed by atoms with E-state index >= 15 is 0 Å². The zero-order chi connectivity index (χ0) is 13.0. The lowest BCUT2D eigenvalue weighted by atomic mass is 10.1. The highest BCUT2D eigenvalue weighted by molar-refractivity contribution is 5.72. The van der Waals surface area contributed by atoms with E-state index in [-0.39, 0.29) is 0 Å². The van der Waals surface area contributed by atoms with Gasteiger partial charge in [-0.2, -0.15) is 0 Å². The van der Waals surface area contributed by atoms with Crippen LogP contribution in [0, 0.1) is 0 Å². The SMILES string of the molecule is CCCCC(Oc1ccc2c(c1)CCC2)C(=O)O. The van der Waals surface area contributed by atoms with Gasteiger partial charge in [-0.15, -0.1) is 0 Å². The van der Waals surface area contributed by atoms with Gasteiger partial charge in [0.05, 0.1) is 0 Å². The van der Waals surface area contributed by atoms with Crippen LogP contribution in [0.4, 0.5) is 0 Å². The van der Waals surface area contributed by atoms with Crippen LogP contribution < -0.4 is 4.74 Å². The van der Waals surface area contributed by atoms with Gasteiger partial charge < -0.3 is 9.84 Å². The summed E-state index contributed by atoms with van der Waals surface area (Å²) in [7, 11) is 0. The molecule has 0 aromatic heterocycles. The zero-order valence-electron chi connectivity index (χ0n) is 10.8. The number of fused-ring (bicyclic) bond motifs is 1. The molecular weight excluding hydrogens is 228 g/mol. The van der Waals surface area contributed by atoms with Crippen molar-refractivity contribution in [3.8, 4) is 5.75 Å². The number of hydrogen-bond acceptors (Lipinski definition) is 2. The Labute approximate surface area is 108 Å². The van der Waals surface area contributed by atoms with Crippen molar-refractivity contribution in [2.24, 2.45) is 0 Å². The maximum atomic E-state index is 11.1. The highest BCUT2D eigenvalue weighted by atomic mass is 16.5. The van der Waals surface area contributed by atoms with Gasteiger partial charge in [0.25, 0.3) is 0 Å². The molecule has 1 aromatic carbocycles. The summed E-state index contributed by atoms with van der Waals surface area (Å²) in [5, 5.41) is 9.13. The minimum absolute atomic E-state index is 0.572. The number of aliphatic carboxylic acids is 1. The van der Waals surface area contributed by atoms with Crippen LogP contribution in [0.1, 0.15) is 43.7 Å². The van der Waals surface area contributed by atoms with E-state index in [9.17, 15) is 4.79 Å². The molecule has 1 aliphatic carbocycles. The molecule has 0 amide bonds. The Balaban J connectivity index is 2.04. The van der Waals surface area contributed by atoms with E-state index in [1.54, 1.807) is 0 Å². The molecule has 0 spiro atoms. The van der Waals surface area contributed by atoms with Crippen LogP contribution in [0.2, 0.25) is 0 Å². The molecule has 0 saturated heterocycles. The van der Waals surface area contributed by atoms with Crippen LogP contribution in [-0.4, -0.2) is 17.2 Å². The summed E-state index contributed by atoms with van der Waals surface area (Å²) in [5.74, 6) is -0.178. The first-order chi connectivity index (χ1) is 8.70. The van der Waals surface area contributed by atoms with Crippen molar-refractivity contribution in [1.82, 2.24) is 0 Å². The third kappa shape index (κ3) is 3.03. The summed E-state index contributed by atoms with van der Waals surface area (Å²) in [6, 6.07) is 5.96. The second-order valence-corrected chi connectivity index (χ2v) is 4.87. The van der Waals surface area contributed by atoms with E-state index in [0.29, 0.717) is 12.2 Å². The van der Waals surface area contributed by atoms with Gasteiger partial charge in [0, 0.05) is 0 Å². The molecule has 1 atom stereocenters. The van der Waals surface area contributed by atoms with Gasteiger partial charge in [-0.1, -0.05) is 19.4 Å². The number of unbranched alkanes of at least 4 members (excludes halogenated alkanes) is 1. The number of carbonyl (C=O) groups is 1. The van der Waals surface area contributed by atoms with E-state index in [1.807, 2.05) is 19.1 Å². The molecule has 3 nitrogen and oxygen atoms in total. The van der Waals surface area contributed by atoms with E-state index in [0.717, 1.165) is 25.7 Å². The Morgan fingerprint density at radius 1 is 1.39 bits per heavy atom. The topological polar surface area (TPSA) is 46.5 Å². The average Bonchev–Trinajstić information content (AvgIpc) is 2.81. The number of hydrogen-bond donors (Lipinski definition) is 1. The highest BCUT2D eigenvalue weighted by Gasteiger charge is 2.19. The van der Waals surface area contributed by atoms with Gasteiger partial charge in [-0.3, -0.25) is 0 Å². The highest BCUT2D eigenvalue weighted by Crippen LogP contribution is 2.27. The molecule has 0 bridgehead atoms. The van der Waals surface area contributed by atoms with Gasteiger partial charge in [-0.25, -0.2) is 4.79 Å². The smallest absolute Gasteiger partial charge is 0.344 e. The number of carboxylic acid groups (broad SMARTS) is 1. The summed E-state index contributed by atoms with van der Waals surface area (Å²) in [4.78, 5) is 11.1. The Bertz CT molecular complexity index is 426. The first kappa shape index (κ1) is 12.9. The number of rotatable bonds is 6. The van der Waals surface area contributed by atoms with Crippen molar-refractivity contribution in [1.29, 1.82) is 0 Å². The molecule has 1 unspecified atom stereocenters. The molecule has 0 saturated carbocycles. The lowest BCUT2D eigenvalue weighted by Crippen LogP contribution is -2.26.